The van der Waals surface area contributed by atoms with Crippen LogP contribution in [0, 0.1) is 12.7 Å². The predicted octanol–water partition coefficient (Wildman–Crippen LogP) is 3.87. The van der Waals surface area contributed by atoms with E-state index in [-0.39, 0.29) is 0 Å². The van der Waals surface area contributed by atoms with Crippen LogP contribution in [0.2, 0.25) is 0 Å². The van der Waals surface area contributed by atoms with Gasteiger partial charge in [-0.05, 0) is 30.3 Å². The Bertz CT molecular complexity index is 1010. The van der Waals surface area contributed by atoms with E-state index in [1.165, 1.54) is 6.07 Å². The molecule has 0 spiro atoms. The summed E-state index contributed by atoms with van der Waals surface area (Å²) in [5.74, 6) is -0.167. The molecule has 3 rings (SSSR count). The first kappa shape index (κ1) is 16.8. The van der Waals surface area contributed by atoms with Crippen molar-refractivity contribution in [3.63, 3.8) is 0 Å². The highest BCUT2D eigenvalue weighted by Gasteiger charge is 2.19. The van der Waals surface area contributed by atoms with Crippen molar-refractivity contribution in [2.75, 3.05) is 0 Å². The summed E-state index contributed by atoms with van der Waals surface area (Å²) in [5.41, 5.74) is 1.71. The van der Waals surface area contributed by atoms with Crippen LogP contribution in [0.3, 0.4) is 0 Å². The first-order valence-corrected chi connectivity index (χ1v) is 9.16. The molecule has 0 unspecified atom stereocenters. The summed E-state index contributed by atoms with van der Waals surface area (Å²) in [6.45, 7) is 1.68. The number of sulfonamides is 1. The van der Waals surface area contributed by atoms with Crippen LogP contribution in [-0.2, 0) is 10.0 Å². The van der Waals surface area contributed by atoms with Gasteiger partial charge in [0.2, 0.25) is 10.0 Å². The van der Waals surface area contributed by atoms with Crippen molar-refractivity contribution >= 4 is 26.0 Å². The first-order valence-electron chi connectivity index (χ1n) is 6.82. The van der Waals surface area contributed by atoms with Crippen LogP contribution in [0.1, 0.15) is 5.89 Å². The molecular weight excluding hydrogens is 399 g/mol. The fourth-order valence-corrected chi connectivity index (χ4v) is 3.15. The van der Waals surface area contributed by atoms with E-state index in [9.17, 15) is 12.8 Å². The second-order valence-electron chi connectivity index (χ2n) is 5.11. The molecule has 1 heterocycles. The number of rotatable bonds is 3. The third-order valence-electron chi connectivity index (χ3n) is 3.35. The molecule has 8 heteroatoms. The van der Waals surface area contributed by atoms with E-state index in [1.54, 1.807) is 6.92 Å². The third kappa shape index (κ3) is 3.26. The molecule has 1 aromatic heterocycles. The number of aromatic nitrogens is 1. The number of hydrogen-bond acceptors (Lipinski definition) is 4. The molecular formula is C16H12BrFN2O3S. The summed E-state index contributed by atoms with van der Waals surface area (Å²) >= 11 is 3.36. The second-order valence-corrected chi connectivity index (χ2v) is 7.55. The van der Waals surface area contributed by atoms with Crippen molar-refractivity contribution in [1.82, 2.24) is 4.98 Å². The average Bonchev–Trinajstić information content (AvgIpc) is 2.88. The summed E-state index contributed by atoms with van der Waals surface area (Å²) < 4.78 is 43.3. The number of benzene rings is 2. The van der Waals surface area contributed by atoms with Crippen molar-refractivity contribution in [2.24, 2.45) is 5.14 Å². The maximum Gasteiger partial charge on any atom is 0.240 e. The number of primary sulfonamides is 1. The second kappa shape index (κ2) is 6.12. The molecule has 0 radical (unpaired) electrons. The fourth-order valence-electron chi connectivity index (χ4n) is 2.30. The van der Waals surface area contributed by atoms with Gasteiger partial charge in [-0.2, -0.15) is 0 Å². The van der Waals surface area contributed by atoms with Crippen LogP contribution < -0.4 is 5.14 Å². The number of nitrogens with zero attached hydrogens (tertiary/aromatic N) is 1. The van der Waals surface area contributed by atoms with Gasteiger partial charge in [-0.25, -0.2) is 22.9 Å². The van der Waals surface area contributed by atoms with Gasteiger partial charge in [0.25, 0.3) is 0 Å². The van der Waals surface area contributed by atoms with Gasteiger partial charge in [0.15, 0.2) is 11.7 Å². The molecule has 0 aliphatic rings. The molecule has 0 atom stereocenters. The molecule has 24 heavy (non-hydrogen) atoms. The zero-order valence-electron chi connectivity index (χ0n) is 12.5. The van der Waals surface area contributed by atoms with E-state index in [2.05, 4.69) is 20.9 Å². The number of oxazole rings is 1. The van der Waals surface area contributed by atoms with Gasteiger partial charge in [-0.15, -0.1) is 0 Å². The van der Waals surface area contributed by atoms with Gasteiger partial charge in [-0.3, -0.25) is 0 Å². The maximum absolute atomic E-state index is 14.1. The molecule has 0 saturated heterocycles. The number of hydrogen-bond donors (Lipinski definition) is 1. The Kier molecular flexibility index (Phi) is 4.29. The van der Waals surface area contributed by atoms with Crippen LogP contribution in [0.4, 0.5) is 4.39 Å². The van der Waals surface area contributed by atoms with E-state index in [1.807, 2.05) is 24.3 Å². The third-order valence-corrected chi connectivity index (χ3v) is 4.83. The highest BCUT2D eigenvalue weighted by Crippen LogP contribution is 2.34. The predicted molar refractivity (Wildman–Crippen MR) is 91.1 cm³/mol. The lowest BCUT2D eigenvalue weighted by Gasteiger charge is -2.05. The van der Waals surface area contributed by atoms with Crippen LogP contribution >= 0.6 is 15.9 Å². The Morgan fingerprint density at radius 1 is 1.12 bits per heavy atom. The van der Waals surface area contributed by atoms with Crippen molar-refractivity contribution in [3.8, 4) is 22.6 Å². The maximum atomic E-state index is 14.1. The summed E-state index contributed by atoms with van der Waals surface area (Å²) in [6.07, 6.45) is 0. The quantitative estimate of drug-likeness (QED) is 0.709. The zero-order valence-corrected chi connectivity index (χ0v) is 14.9. The molecule has 0 bridgehead atoms. The number of halogens is 2. The number of aryl methyl sites for hydroxylation is 1. The van der Waals surface area contributed by atoms with Crippen molar-refractivity contribution in [2.45, 2.75) is 11.8 Å². The minimum absolute atomic E-state index is 0.356. The van der Waals surface area contributed by atoms with Crippen LogP contribution in [0.15, 0.2) is 56.2 Å². The van der Waals surface area contributed by atoms with E-state index >= 15 is 0 Å². The molecule has 0 fully saturated rings. The lowest BCUT2D eigenvalue weighted by molar-refractivity contribution is 0.532. The first-order chi connectivity index (χ1) is 11.3. The van der Waals surface area contributed by atoms with Crippen LogP contribution in [0.5, 0.6) is 0 Å². The van der Waals surface area contributed by atoms with Gasteiger partial charge in [0.1, 0.15) is 16.4 Å². The molecule has 0 amide bonds. The molecule has 5 nitrogen and oxygen atoms in total. The zero-order chi connectivity index (χ0) is 17.5. The van der Waals surface area contributed by atoms with E-state index < -0.39 is 20.7 Å². The highest BCUT2D eigenvalue weighted by molar-refractivity contribution is 9.10. The Morgan fingerprint density at radius 2 is 1.75 bits per heavy atom. The molecule has 124 valence electrons. The van der Waals surface area contributed by atoms with Crippen molar-refractivity contribution in [3.05, 3.63) is 58.6 Å². The Hall–Kier alpha value is -2.03. The molecule has 0 aliphatic heterocycles. The fraction of sp³-hybridized carbons (Fsp3) is 0.0625. The summed E-state index contributed by atoms with van der Waals surface area (Å²) in [5, 5.41) is 4.98. The van der Waals surface area contributed by atoms with E-state index in [0.29, 0.717) is 22.9 Å². The Morgan fingerprint density at radius 3 is 2.33 bits per heavy atom. The van der Waals surface area contributed by atoms with Gasteiger partial charge in [0, 0.05) is 22.5 Å². The van der Waals surface area contributed by atoms with Crippen molar-refractivity contribution < 1.29 is 17.2 Å². The SMILES string of the molecule is Cc1nc(-c2ccc(Br)cc2)c(-c2ccc(S(N)(=O)=O)c(F)c2)o1. The monoisotopic (exact) mass is 410 g/mol. The topological polar surface area (TPSA) is 86.2 Å². The van der Waals surface area contributed by atoms with Gasteiger partial charge in [-0.1, -0.05) is 28.1 Å². The molecule has 2 aromatic carbocycles. The standard InChI is InChI=1S/C16H12BrFN2O3S/c1-9-20-15(10-2-5-12(17)6-3-10)16(23-9)11-4-7-14(13(18)8-11)24(19,21)22/h2-8H,1H3,(H2,19,21,22). The minimum atomic E-state index is -4.12. The van der Waals surface area contributed by atoms with Crippen LogP contribution in [0.25, 0.3) is 22.6 Å². The van der Waals surface area contributed by atoms with Crippen molar-refractivity contribution in [1.29, 1.82) is 0 Å². The largest absolute Gasteiger partial charge is 0.440 e. The molecule has 3 aromatic rings. The molecule has 0 saturated carbocycles. The average molecular weight is 411 g/mol. The lowest BCUT2D eigenvalue weighted by atomic mass is 10.1. The van der Waals surface area contributed by atoms with Crippen LogP contribution in [-0.4, -0.2) is 13.4 Å². The normalized spacial score (nSPS) is 11.7. The van der Waals surface area contributed by atoms with E-state index in [0.717, 1.165) is 22.2 Å². The molecule has 0 aliphatic carbocycles. The molecule has 2 N–H and O–H groups in total. The number of nitrogens with two attached hydrogens (primary N) is 1. The summed E-state index contributed by atoms with van der Waals surface area (Å²) in [6, 6.07) is 11.0. The highest BCUT2D eigenvalue weighted by atomic mass is 79.9. The van der Waals surface area contributed by atoms with E-state index in [4.69, 9.17) is 9.56 Å². The smallest absolute Gasteiger partial charge is 0.240 e. The van der Waals surface area contributed by atoms with Gasteiger partial charge >= 0.3 is 0 Å². The summed E-state index contributed by atoms with van der Waals surface area (Å²) in [7, 11) is -4.12. The lowest BCUT2D eigenvalue weighted by Crippen LogP contribution is -2.13. The summed E-state index contributed by atoms with van der Waals surface area (Å²) in [4.78, 5) is 3.78. The minimum Gasteiger partial charge on any atom is -0.440 e. The Labute approximate surface area is 146 Å². The van der Waals surface area contributed by atoms with Gasteiger partial charge < -0.3 is 4.42 Å². The van der Waals surface area contributed by atoms with Gasteiger partial charge in [0.05, 0.1) is 0 Å². The Balaban J connectivity index is 2.14.